The van der Waals surface area contributed by atoms with Crippen molar-refractivity contribution >= 4 is 23.1 Å². The summed E-state index contributed by atoms with van der Waals surface area (Å²) in [6, 6.07) is 0. The summed E-state index contributed by atoms with van der Waals surface area (Å²) in [5, 5.41) is 2.37. The first-order valence-corrected chi connectivity index (χ1v) is 6.83. The summed E-state index contributed by atoms with van der Waals surface area (Å²) in [7, 11) is 0. The molecule has 0 saturated carbocycles. The Hall–Kier alpha value is -1.15. The van der Waals surface area contributed by atoms with E-state index in [2.05, 4.69) is 5.32 Å². The summed E-state index contributed by atoms with van der Waals surface area (Å²) in [5.74, 6) is -0.664. The first-order valence-electron chi connectivity index (χ1n) is 5.55. The topological polar surface area (TPSA) is 102 Å². The molecule has 0 rings (SSSR count). The predicted octanol–water partition coefficient (Wildman–Crippen LogP) is 0.870. The van der Waals surface area contributed by atoms with E-state index in [9.17, 15) is 13.8 Å². The smallest absolute Gasteiger partial charge is 0.410 e. The van der Waals surface area contributed by atoms with Gasteiger partial charge in [0.25, 0.3) is 0 Å². The minimum atomic E-state index is -1.87. The fraction of sp³-hybridized carbons (Fsp3) is 0.800. The van der Waals surface area contributed by atoms with E-state index in [0.29, 0.717) is 6.42 Å². The van der Waals surface area contributed by atoms with Crippen molar-refractivity contribution < 1.29 is 27.8 Å². The van der Waals surface area contributed by atoms with Crippen LogP contribution in [0.5, 0.6) is 0 Å². The van der Waals surface area contributed by atoms with Crippen LogP contribution in [0.4, 0.5) is 4.79 Å². The second-order valence-electron chi connectivity index (χ2n) is 3.87. The average molecular weight is 281 g/mol. The van der Waals surface area contributed by atoms with E-state index in [4.69, 9.17) is 14.0 Å². The second-order valence-corrected chi connectivity index (χ2v) is 4.92. The number of carbonyl (C=O) groups excluding carboxylic acids is 2. The van der Waals surface area contributed by atoms with Gasteiger partial charge in [-0.2, -0.15) is 0 Å². The van der Waals surface area contributed by atoms with Crippen molar-refractivity contribution in [2.45, 2.75) is 33.5 Å². The number of esters is 1. The zero-order valence-corrected chi connectivity index (χ0v) is 11.5. The molecule has 0 heterocycles. The normalized spacial score (nSPS) is 13.8. The van der Waals surface area contributed by atoms with Crippen LogP contribution < -0.4 is 5.32 Å². The zero-order chi connectivity index (χ0) is 14.1. The molecule has 0 aliphatic heterocycles. The molecule has 7 nitrogen and oxygen atoms in total. The lowest BCUT2D eigenvalue weighted by molar-refractivity contribution is -0.168. The Labute approximate surface area is 109 Å². The van der Waals surface area contributed by atoms with Crippen LogP contribution in [0.25, 0.3) is 0 Å². The van der Waals surface area contributed by atoms with Crippen molar-refractivity contribution in [3.05, 3.63) is 0 Å². The lowest BCUT2D eigenvalue weighted by atomic mass is 10.2. The molecular formula is C10H19NO6S. The standard InChI is InChI=1S/C10H19NO6S/c1-7(2)9(12)16-8(3)17-10(13)11-5-4-6-18(14)15/h7-8H,4-6H2,1-3H3,(H,11,13)(H,14,15). The maximum atomic E-state index is 11.2. The van der Waals surface area contributed by atoms with Gasteiger partial charge < -0.3 is 19.3 Å². The number of amides is 1. The highest BCUT2D eigenvalue weighted by atomic mass is 32.2. The minimum Gasteiger partial charge on any atom is -0.425 e. The van der Waals surface area contributed by atoms with Gasteiger partial charge in [-0.25, -0.2) is 9.00 Å². The molecule has 0 aromatic rings. The predicted molar refractivity (Wildman–Crippen MR) is 65.1 cm³/mol. The summed E-state index contributed by atoms with van der Waals surface area (Å²) < 4.78 is 28.4. The quantitative estimate of drug-likeness (QED) is 0.311. The molecule has 18 heavy (non-hydrogen) atoms. The minimum absolute atomic E-state index is 0.0815. The van der Waals surface area contributed by atoms with Crippen LogP contribution in [0.3, 0.4) is 0 Å². The first-order chi connectivity index (χ1) is 8.32. The third-order valence-corrected chi connectivity index (χ3v) is 2.43. The fourth-order valence-corrected chi connectivity index (χ4v) is 1.29. The third-order valence-electron chi connectivity index (χ3n) is 1.79. The van der Waals surface area contributed by atoms with Gasteiger partial charge in [0.2, 0.25) is 6.29 Å². The zero-order valence-electron chi connectivity index (χ0n) is 10.7. The molecule has 106 valence electrons. The monoisotopic (exact) mass is 281 g/mol. The van der Waals surface area contributed by atoms with E-state index in [1.807, 2.05) is 0 Å². The highest BCUT2D eigenvalue weighted by Crippen LogP contribution is 2.01. The second kappa shape index (κ2) is 8.87. The molecule has 0 aromatic heterocycles. The molecule has 0 saturated heterocycles. The van der Waals surface area contributed by atoms with Crippen LogP contribution in [0.2, 0.25) is 0 Å². The molecule has 2 N–H and O–H groups in total. The molecule has 2 atom stereocenters. The van der Waals surface area contributed by atoms with Crippen molar-refractivity contribution in [1.29, 1.82) is 0 Å². The van der Waals surface area contributed by atoms with Crippen molar-refractivity contribution in [2.75, 3.05) is 12.3 Å². The van der Waals surface area contributed by atoms with Gasteiger partial charge in [0.05, 0.1) is 11.7 Å². The van der Waals surface area contributed by atoms with Gasteiger partial charge in [-0.3, -0.25) is 4.79 Å². The summed E-state index contributed by atoms with van der Waals surface area (Å²) in [5.41, 5.74) is 0. The Kier molecular flexibility index (Phi) is 8.30. The number of alkyl carbamates (subject to hydrolysis) is 1. The molecule has 0 fully saturated rings. The first kappa shape index (κ1) is 16.9. The van der Waals surface area contributed by atoms with Crippen LogP contribution in [-0.4, -0.2) is 39.4 Å². The molecule has 1 amide bonds. The van der Waals surface area contributed by atoms with E-state index in [0.717, 1.165) is 0 Å². The van der Waals surface area contributed by atoms with E-state index < -0.39 is 29.4 Å². The number of nitrogens with one attached hydrogen (secondary N) is 1. The summed E-state index contributed by atoms with van der Waals surface area (Å²) >= 11 is -1.87. The van der Waals surface area contributed by atoms with Gasteiger partial charge >= 0.3 is 12.1 Å². The van der Waals surface area contributed by atoms with E-state index in [1.54, 1.807) is 13.8 Å². The van der Waals surface area contributed by atoms with Crippen molar-refractivity contribution in [1.82, 2.24) is 5.32 Å². The highest BCUT2D eigenvalue weighted by Gasteiger charge is 2.16. The maximum absolute atomic E-state index is 11.2. The summed E-state index contributed by atoms with van der Waals surface area (Å²) in [6.07, 6.45) is -1.34. The Morgan fingerprint density at radius 1 is 1.28 bits per heavy atom. The molecule has 0 aromatic carbocycles. The van der Waals surface area contributed by atoms with Gasteiger partial charge in [0, 0.05) is 13.5 Å². The van der Waals surface area contributed by atoms with Crippen LogP contribution in [0, 0.1) is 5.92 Å². The largest absolute Gasteiger partial charge is 0.425 e. The Morgan fingerprint density at radius 2 is 1.89 bits per heavy atom. The van der Waals surface area contributed by atoms with Crippen molar-refractivity contribution in [3.8, 4) is 0 Å². The Bertz CT molecular complexity index is 307. The molecule has 2 unspecified atom stereocenters. The number of hydrogen-bond donors (Lipinski definition) is 2. The van der Waals surface area contributed by atoms with E-state index in [-0.39, 0.29) is 18.2 Å². The Balaban J connectivity index is 3.74. The molecule has 0 aliphatic carbocycles. The number of carbonyl (C=O) groups is 2. The lowest BCUT2D eigenvalue weighted by Crippen LogP contribution is -2.31. The lowest BCUT2D eigenvalue weighted by Gasteiger charge is -2.15. The van der Waals surface area contributed by atoms with Crippen LogP contribution in [0.15, 0.2) is 0 Å². The molecule has 8 heteroatoms. The van der Waals surface area contributed by atoms with Gasteiger partial charge in [-0.05, 0) is 6.42 Å². The van der Waals surface area contributed by atoms with E-state index >= 15 is 0 Å². The van der Waals surface area contributed by atoms with Crippen LogP contribution in [0.1, 0.15) is 27.2 Å². The van der Waals surface area contributed by atoms with Gasteiger partial charge in [0.1, 0.15) is 0 Å². The van der Waals surface area contributed by atoms with Crippen molar-refractivity contribution in [2.24, 2.45) is 5.92 Å². The van der Waals surface area contributed by atoms with Gasteiger partial charge in [0.15, 0.2) is 11.1 Å². The molecular weight excluding hydrogens is 262 g/mol. The molecule has 0 spiro atoms. The molecule has 0 bridgehead atoms. The fourth-order valence-electron chi connectivity index (χ4n) is 0.902. The molecule has 0 radical (unpaired) electrons. The van der Waals surface area contributed by atoms with Gasteiger partial charge in [-0.15, -0.1) is 0 Å². The highest BCUT2D eigenvalue weighted by molar-refractivity contribution is 7.79. The molecule has 0 aliphatic rings. The summed E-state index contributed by atoms with van der Waals surface area (Å²) in [6.45, 7) is 4.99. The van der Waals surface area contributed by atoms with Crippen LogP contribution >= 0.6 is 0 Å². The summed E-state index contributed by atoms with van der Waals surface area (Å²) in [4.78, 5) is 22.4. The third kappa shape index (κ3) is 8.94. The number of hydrogen-bond acceptors (Lipinski definition) is 5. The van der Waals surface area contributed by atoms with E-state index in [1.165, 1.54) is 6.92 Å². The number of ether oxygens (including phenoxy) is 2. The van der Waals surface area contributed by atoms with Crippen molar-refractivity contribution in [3.63, 3.8) is 0 Å². The maximum Gasteiger partial charge on any atom is 0.410 e. The Morgan fingerprint density at radius 3 is 2.39 bits per heavy atom. The van der Waals surface area contributed by atoms with Crippen LogP contribution in [-0.2, 0) is 25.3 Å². The SMILES string of the molecule is CC(OC(=O)NCCCS(=O)O)OC(=O)C(C)C. The average Bonchev–Trinajstić information content (AvgIpc) is 2.23. The van der Waals surface area contributed by atoms with Gasteiger partial charge in [-0.1, -0.05) is 13.8 Å². The number of rotatable bonds is 7.